The molecule has 11 heteroatoms. The number of non-ortho nitro benzene ring substituents is 1. The van der Waals surface area contributed by atoms with Crippen molar-refractivity contribution in [1.82, 2.24) is 4.90 Å². The van der Waals surface area contributed by atoms with E-state index >= 15 is 0 Å². The summed E-state index contributed by atoms with van der Waals surface area (Å²) in [5.74, 6) is -0.698. The summed E-state index contributed by atoms with van der Waals surface area (Å²) >= 11 is 5.60. The van der Waals surface area contributed by atoms with Crippen LogP contribution in [-0.2, 0) is 0 Å². The number of piperidine rings is 1. The van der Waals surface area contributed by atoms with Gasteiger partial charge in [0, 0.05) is 24.7 Å². The number of carbonyl (C=O) groups excluding carboxylic acids is 1. The molecule has 0 radical (unpaired) electrons. The molecule has 1 saturated heterocycles. The average Bonchev–Trinajstić information content (AvgIpc) is 2.79. The monoisotopic (exact) mass is 459 g/mol. The molecule has 1 aliphatic heterocycles. The number of benzene rings is 2. The number of thiocarbonyl (C=S) groups is 1. The van der Waals surface area contributed by atoms with E-state index in [9.17, 15) is 25.0 Å². The lowest BCUT2D eigenvalue weighted by Gasteiger charge is -2.29. The number of rotatable bonds is 7. The second-order valence-electron chi connectivity index (χ2n) is 7.05. The molecule has 0 bridgehead atoms. The van der Waals surface area contributed by atoms with Gasteiger partial charge in [-0.2, -0.15) is 0 Å². The quantitative estimate of drug-likeness (QED) is 0.196. The zero-order chi connectivity index (χ0) is 23.3. The summed E-state index contributed by atoms with van der Waals surface area (Å²) in [4.78, 5) is 36.0. The van der Waals surface area contributed by atoms with Crippen molar-refractivity contribution in [3.05, 3.63) is 67.8 Å². The highest BCUT2D eigenvalue weighted by Gasteiger charge is 2.26. The summed E-state index contributed by atoms with van der Waals surface area (Å²) in [5.41, 5.74) is -0.883. The van der Waals surface area contributed by atoms with Crippen molar-refractivity contribution in [2.24, 2.45) is 0 Å². The van der Waals surface area contributed by atoms with Gasteiger partial charge < -0.3 is 14.4 Å². The molecule has 0 saturated carbocycles. The van der Waals surface area contributed by atoms with Crippen LogP contribution >= 0.6 is 12.2 Å². The van der Waals surface area contributed by atoms with Crippen molar-refractivity contribution in [1.29, 1.82) is 0 Å². The molecular formula is C21H21N3O7S. The molecule has 0 atom stereocenters. The molecule has 10 nitrogen and oxygen atoms in total. The number of ether oxygens (including phenoxy) is 2. The normalized spacial score (nSPS) is 13.3. The van der Waals surface area contributed by atoms with Crippen LogP contribution < -0.4 is 9.47 Å². The third kappa shape index (κ3) is 5.17. The smallest absolute Gasteiger partial charge is 0.350 e. The van der Waals surface area contributed by atoms with Crippen LogP contribution in [0.2, 0.25) is 0 Å². The highest BCUT2D eigenvalue weighted by atomic mass is 32.1. The number of nitrogens with zero attached hydrogens (tertiary/aromatic N) is 3. The summed E-state index contributed by atoms with van der Waals surface area (Å²) in [5, 5.41) is 22.2. The minimum absolute atomic E-state index is 0.0645. The van der Waals surface area contributed by atoms with Gasteiger partial charge in [0.1, 0.15) is 10.6 Å². The van der Waals surface area contributed by atoms with Gasteiger partial charge in [0.15, 0.2) is 11.5 Å². The topological polar surface area (TPSA) is 125 Å². The second kappa shape index (κ2) is 10.1. The fraction of sp³-hybridized carbons (Fsp3) is 0.333. The van der Waals surface area contributed by atoms with E-state index in [1.54, 1.807) is 19.1 Å². The number of esters is 1. The highest BCUT2D eigenvalue weighted by molar-refractivity contribution is 7.80. The molecular weight excluding hydrogens is 438 g/mol. The molecule has 1 aliphatic rings. The number of carbonyl (C=O) groups is 1. The molecule has 1 heterocycles. The van der Waals surface area contributed by atoms with Gasteiger partial charge in [-0.15, -0.1) is 0 Å². The van der Waals surface area contributed by atoms with Gasteiger partial charge in [0.2, 0.25) is 0 Å². The molecule has 0 aromatic heterocycles. The molecule has 32 heavy (non-hydrogen) atoms. The molecule has 2 aromatic rings. The van der Waals surface area contributed by atoms with E-state index in [0.717, 1.165) is 49.7 Å². The van der Waals surface area contributed by atoms with E-state index < -0.39 is 32.8 Å². The predicted molar refractivity (Wildman–Crippen MR) is 119 cm³/mol. The Morgan fingerprint density at radius 3 is 2.38 bits per heavy atom. The van der Waals surface area contributed by atoms with Crippen molar-refractivity contribution in [2.45, 2.75) is 26.2 Å². The summed E-state index contributed by atoms with van der Waals surface area (Å²) in [7, 11) is 0. The number of hydrogen-bond donors (Lipinski definition) is 0. The van der Waals surface area contributed by atoms with E-state index in [2.05, 4.69) is 4.90 Å². The van der Waals surface area contributed by atoms with Crippen LogP contribution in [0.15, 0.2) is 36.4 Å². The van der Waals surface area contributed by atoms with Crippen LogP contribution in [0.25, 0.3) is 0 Å². The Kier molecular flexibility index (Phi) is 7.31. The second-order valence-corrected chi connectivity index (χ2v) is 7.44. The fourth-order valence-corrected chi connectivity index (χ4v) is 3.69. The van der Waals surface area contributed by atoms with Crippen molar-refractivity contribution < 1.29 is 24.1 Å². The summed E-state index contributed by atoms with van der Waals surface area (Å²) in [6, 6.07) is 7.62. The van der Waals surface area contributed by atoms with E-state index in [-0.39, 0.29) is 11.5 Å². The number of nitro groups is 2. The minimum Gasteiger partial charge on any atom is -0.490 e. The third-order valence-electron chi connectivity index (χ3n) is 4.95. The maximum absolute atomic E-state index is 12.7. The molecule has 1 fully saturated rings. The third-order valence-corrected chi connectivity index (χ3v) is 5.44. The molecule has 2 aromatic carbocycles. The van der Waals surface area contributed by atoms with Crippen molar-refractivity contribution in [2.75, 3.05) is 19.7 Å². The molecule has 0 spiro atoms. The molecule has 168 valence electrons. The van der Waals surface area contributed by atoms with E-state index in [0.29, 0.717) is 11.6 Å². The Hall–Kier alpha value is -3.60. The maximum Gasteiger partial charge on any atom is 0.350 e. The molecule has 3 rings (SSSR count). The first-order valence-corrected chi connectivity index (χ1v) is 10.4. The predicted octanol–water partition coefficient (Wildman–Crippen LogP) is 4.28. The van der Waals surface area contributed by atoms with Crippen LogP contribution in [0.5, 0.6) is 11.5 Å². The Morgan fingerprint density at radius 1 is 1.03 bits per heavy atom. The lowest BCUT2D eigenvalue weighted by molar-refractivity contribution is -0.394. The summed E-state index contributed by atoms with van der Waals surface area (Å²) < 4.78 is 11.0. The number of likely N-dealkylation sites (tertiary alicyclic amines) is 1. The van der Waals surface area contributed by atoms with Gasteiger partial charge in [0.25, 0.3) is 11.4 Å². The van der Waals surface area contributed by atoms with Crippen LogP contribution in [0.4, 0.5) is 11.4 Å². The lowest BCUT2D eigenvalue weighted by Crippen LogP contribution is -2.34. The standard InChI is InChI=1S/C21H21N3O7S/c1-2-30-19-12-14(20(32)22-10-4-3-5-11-22)6-9-18(19)31-21(25)16-8-7-15(23(26)27)13-17(16)24(28)29/h6-9,12-13H,2-5,10-11H2,1H3. The SMILES string of the molecule is CCOc1cc(C(=S)N2CCCCC2)ccc1OC(=O)c1ccc([N+](=O)[O-])cc1[N+](=O)[O-]. The van der Waals surface area contributed by atoms with Gasteiger partial charge in [-0.1, -0.05) is 12.2 Å². The number of hydrogen-bond acceptors (Lipinski definition) is 8. The highest BCUT2D eigenvalue weighted by Crippen LogP contribution is 2.32. The summed E-state index contributed by atoms with van der Waals surface area (Å²) in [6.07, 6.45) is 3.32. The largest absolute Gasteiger partial charge is 0.490 e. The van der Waals surface area contributed by atoms with Crippen LogP contribution in [0.3, 0.4) is 0 Å². The first kappa shape index (κ1) is 23.1. The zero-order valence-electron chi connectivity index (χ0n) is 17.3. The maximum atomic E-state index is 12.7. The van der Waals surface area contributed by atoms with E-state index in [1.165, 1.54) is 12.5 Å². The van der Waals surface area contributed by atoms with Crippen molar-refractivity contribution in [3.8, 4) is 11.5 Å². The molecule has 0 unspecified atom stereocenters. The summed E-state index contributed by atoms with van der Waals surface area (Å²) in [6.45, 7) is 3.82. The first-order chi connectivity index (χ1) is 15.3. The molecule has 0 aliphatic carbocycles. The minimum atomic E-state index is -1.03. The zero-order valence-corrected chi connectivity index (χ0v) is 18.1. The Bertz CT molecular complexity index is 1070. The van der Waals surface area contributed by atoms with Crippen LogP contribution in [0.1, 0.15) is 42.1 Å². The molecule has 0 N–H and O–H groups in total. The van der Waals surface area contributed by atoms with Gasteiger partial charge in [-0.05, 0) is 50.5 Å². The Balaban J connectivity index is 1.88. The van der Waals surface area contributed by atoms with Crippen molar-refractivity contribution >= 4 is 34.6 Å². The molecule has 0 amide bonds. The fourth-order valence-electron chi connectivity index (χ4n) is 3.39. The van der Waals surface area contributed by atoms with Gasteiger partial charge in [0.05, 0.1) is 22.5 Å². The Morgan fingerprint density at radius 2 is 1.75 bits per heavy atom. The number of nitro benzene ring substituents is 2. The van der Waals surface area contributed by atoms with Gasteiger partial charge in [-0.3, -0.25) is 20.2 Å². The average molecular weight is 459 g/mol. The van der Waals surface area contributed by atoms with Crippen LogP contribution in [-0.4, -0.2) is 45.4 Å². The van der Waals surface area contributed by atoms with E-state index in [1.807, 2.05) is 0 Å². The van der Waals surface area contributed by atoms with Gasteiger partial charge in [-0.25, -0.2) is 4.79 Å². The van der Waals surface area contributed by atoms with Crippen LogP contribution in [0, 0.1) is 20.2 Å². The van der Waals surface area contributed by atoms with Gasteiger partial charge >= 0.3 is 5.97 Å². The first-order valence-electron chi connectivity index (χ1n) is 10.0. The van der Waals surface area contributed by atoms with Crippen molar-refractivity contribution in [3.63, 3.8) is 0 Å². The lowest BCUT2D eigenvalue weighted by atomic mass is 10.1. The Labute approximate surface area is 189 Å². The van der Waals surface area contributed by atoms with E-state index in [4.69, 9.17) is 21.7 Å².